The number of unbranched alkanes of at least 4 members (excludes halogenated alkanes) is 2. The monoisotopic (exact) mass is 282 g/mol. The van der Waals surface area contributed by atoms with Gasteiger partial charge in [0.15, 0.2) is 0 Å². The van der Waals surface area contributed by atoms with Gasteiger partial charge in [-0.3, -0.25) is 4.79 Å². The number of benzene rings is 1. The van der Waals surface area contributed by atoms with Crippen molar-refractivity contribution in [3.05, 3.63) is 29.8 Å². The van der Waals surface area contributed by atoms with Crippen LogP contribution in [0.4, 0.5) is 0 Å². The Morgan fingerprint density at radius 3 is 2.79 bits per heavy atom. The molecule has 0 aromatic heterocycles. The Morgan fingerprint density at radius 1 is 1.32 bits per heavy atom. The molecule has 1 aromatic rings. The molecule has 0 spiro atoms. The number of aromatic carboxylic acids is 1. The number of ether oxygens (including phenoxy) is 1. The van der Waals surface area contributed by atoms with Crippen molar-refractivity contribution in [1.29, 1.82) is 0 Å². The molecule has 1 rings (SSSR count). The smallest absolute Gasteiger partial charge is 0.335 e. The highest BCUT2D eigenvalue weighted by atomic mass is 32.2. The summed E-state index contributed by atoms with van der Waals surface area (Å²) in [6.45, 7) is 2.55. The molecule has 1 aromatic carbocycles. The second-order valence-corrected chi connectivity index (χ2v) is 5.10. The van der Waals surface area contributed by atoms with E-state index in [0.717, 1.165) is 24.2 Å². The van der Waals surface area contributed by atoms with E-state index in [2.05, 4.69) is 6.92 Å². The second-order valence-electron chi connectivity index (χ2n) is 4.05. The molecule has 5 heteroatoms. The number of carboxylic acids is 1. The maximum atomic E-state index is 11.4. The number of carbonyl (C=O) groups excluding carboxylic acids is 1. The minimum Gasteiger partial charge on any atom is -0.478 e. The highest BCUT2D eigenvalue weighted by molar-refractivity contribution is 8.00. The molecule has 0 saturated heterocycles. The van der Waals surface area contributed by atoms with Gasteiger partial charge >= 0.3 is 11.9 Å². The Morgan fingerprint density at radius 2 is 2.11 bits per heavy atom. The number of carboxylic acid groups (broad SMARTS) is 1. The zero-order chi connectivity index (χ0) is 14.1. The fourth-order valence-corrected chi connectivity index (χ4v) is 2.19. The number of carbonyl (C=O) groups is 2. The van der Waals surface area contributed by atoms with Gasteiger partial charge in [0, 0.05) is 4.90 Å². The Balaban J connectivity index is 2.33. The van der Waals surface area contributed by atoms with E-state index in [9.17, 15) is 9.59 Å². The third kappa shape index (κ3) is 6.29. The molecule has 104 valence electrons. The molecule has 1 N–H and O–H groups in total. The van der Waals surface area contributed by atoms with Crippen LogP contribution in [0.15, 0.2) is 29.2 Å². The van der Waals surface area contributed by atoms with Gasteiger partial charge in [-0.1, -0.05) is 25.8 Å². The molecule has 0 unspecified atom stereocenters. The molecule has 0 heterocycles. The lowest BCUT2D eigenvalue weighted by Gasteiger charge is -2.04. The summed E-state index contributed by atoms with van der Waals surface area (Å²) in [6, 6.07) is 6.52. The summed E-state index contributed by atoms with van der Waals surface area (Å²) in [5, 5.41) is 8.85. The zero-order valence-corrected chi connectivity index (χ0v) is 11.7. The minimum atomic E-state index is -0.968. The van der Waals surface area contributed by atoms with Crippen molar-refractivity contribution in [3.8, 4) is 0 Å². The summed E-state index contributed by atoms with van der Waals surface area (Å²) in [6.07, 6.45) is 3.04. The molecule has 0 aliphatic heterocycles. The van der Waals surface area contributed by atoms with Crippen molar-refractivity contribution >= 4 is 23.7 Å². The number of hydrogen-bond acceptors (Lipinski definition) is 4. The van der Waals surface area contributed by atoms with E-state index < -0.39 is 5.97 Å². The van der Waals surface area contributed by atoms with E-state index in [1.54, 1.807) is 18.2 Å². The Hall–Kier alpha value is -1.49. The maximum absolute atomic E-state index is 11.4. The molecule has 0 aliphatic rings. The topological polar surface area (TPSA) is 63.6 Å². The average molecular weight is 282 g/mol. The number of thioether (sulfide) groups is 1. The van der Waals surface area contributed by atoms with Gasteiger partial charge in [-0.25, -0.2) is 4.79 Å². The molecule has 19 heavy (non-hydrogen) atoms. The van der Waals surface area contributed by atoms with Crippen LogP contribution < -0.4 is 0 Å². The Labute approximate surface area is 117 Å². The zero-order valence-electron chi connectivity index (χ0n) is 10.9. The molecule has 0 aliphatic carbocycles. The summed E-state index contributed by atoms with van der Waals surface area (Å²) >= 11 is 1.29. The normalized spacial score (nSPS) is 10.2. The van der Waals surface area contributed by atoms with E-state index in [1.807, 2.05) is 0 Å². The summed E-state index contributed by atoms with van der Waals surface area (Å²) in [7, 11) is 0. The van der Waals surface area contributed by atoms with Crippen molar-refractivity contribution in [3.63, 3.8) is 0 Å². The van der Waals surface area contributed by atoms with Crippen molar-refractivity contribution in [1.82, 2.24) is 0 Å². The average Bonchev–Trinajstić information content (AvgIpc) is 2.41. The van der Waals surface area contributed by atoms with Gasteiger partial charge in [0.2, 0.25) is 0 Å². The number of esters is 1. The SMILES string of the molecule is CCCCCOC(=O)CSc1cccc(C(=O)O)c1. The van der Waals surface area contributed by atoms with E-state index in [4.69, 9.17) is 9.84 Å². The van der Waals surface area contributed by atoms with Crippen LogP contribution in [0.1, 0.15) is 36.5 Å². The molecular formula is C14H18O4S. The summed E-state index contributed by atoms with van der Waals surface area (Å²) in [5.74, 6) is -1.03. The van der Waals surface area contributed by atoms with Gasteiger partial charge in [-0.2, -0.15) is 0 Å². The third-order valence-electron chi connectivity index (χ3n) is 2.45. The predicted molar refractivity (Wildman–Crippen MR) is 74.6 cm³/mol. The van der Waals surface area contributed by atoms with Crippen molar-refractivity contribution in [2.24, 2.45) is 0 Å². The highest BCUT2D eigenvalue weighted by Crippen LogP contribution is 2.19. The molecular weight excluding hydrogens is 264 g/mol. The van der Waals surface area contributed by atoms with E-state index >= 15 is 0 Å². The van der Waals surface area contributed by atoms with Crippen LogP contribution in [-0.2, 0) is 9.53 Å². The van der Waals surface area contributed by atoms with Crippen molar-refractivity contribution in [2.75, 3.05) is 12.4 Å². The fraction of sp³-hybridized carbons (Fsp3) is 0.429. The van der Waals surface area contributed by atoms with Gasteiger partial charge < -0.3 is 9.84 Å². The summed E-state index contributed by atoms with van der Waals surface area (Å²) in [4.78, 5) is 23.0. The first kappa shape index (κ1) is 15.6. The molecule has 0 radical (unpaired) electrons. The largest absolute Gasteiger partial charge is 0.478 e. The van der Waals surface area contributed by atoms with Crippen LogP contribution in [0, 0.1) is 0 Å². The first-order chi connectivity index (χ1) is 9.13. The van der Waals surface area contributed by atoms with E-state index in [-0.39, 0.29) is 17.3 Å². The van der Waals surface area contributed by atoms with Crippen LogP contribution >= 0.6 is 11.8 Å². The first-order valence-corrected chi connectivity index (χ1v) is 7.24. The second kappa shape index (κ2) is 8.58. The minimum absolute atomic E-state index is 0.204. The Kier molecular flexibility index (Phi) is 7.03. The lowest BCUT2D eigenvalue weighted by atomic mass is 10.2. The fourth-order valence-electron chi connectivity index (χ4n) is 1.44. The van der Waals surface area contributed by atoms with Gasteiger partial charge in [-0.15, -0.1) is 11.8 Å². The van der Waals surface area contributed by atoms with Gasteiger partial charge in [0.25, 0.3) is 0 Å². The summed E-state index contributed by atoms with van der Waals surface area (Å²) < 4.78 is 5.07. The van der Waals surface area contributed by atoms with Crippen molar-refractivity contribution < 1.29 is 19.4 Å². The van der Waals surface area contributed by atoms with E-state index in [0.29, 0.717) is 6.61 Å². The quantitative estimate of drug-likeness (QED) is 0.450. The molecule has 0 saturated carbocycles. The lowest BCUT2D eigenvalue weighted by Crippen LogP contribution is -2.08. The Bertz CT molecular complexity index is 431. The van der Waals surface area contributed by atoms with E-state index in [1.165, 1.54) is 17.8 Å². The van der Waals surface area contributed by atoms with Crippen molar-refractivity contribution in [2.45, 2.75) is 31.1 Å². The standard InChI is InChI=1S/C14H18O4S/c1-2-3-4-8-18-13(15)10-19-12-7-5-6-11(9-12)14(16)17/h5-7,9H,2-4,8,10H2,1H3,(H,16,17). The molecule has 0 fully saturated rings. The maximum Gasteiger partial charge on any atom is 0.335 e. The molecule has 0 bridgehead atoms. The van der Waals surface area contributed by atoms with Gasteiger partial charge in [0.05, 0.1) is 17.9 Å². The molecule has 0 atom stereocenters. The lowest BCUT2D eigenvalue weighted by molar-refractivity contribution is -0.140. The van der Waals surface area contributed by atoms with Crippen LogP contribution in [0.2, 0.25) is 0 Å². The number of rotatable bonds is 8. The molecule has 0 amide bonds. The number of hydrogen-bond donors (Lipinski definition) is 1. The van der Waals surface area contributed by atoms with Gasteiger partial charge in [-0.05, 0) is 24.6 Å². The van der Waals surface area contributed by atoms with Crippen LogP contribution in [0.25, 0.3) is 0 Å². The first-order valence-electron chi connectivity index (χ1n) is 6.25. The van der Waals surface area contributed by atoms with Gasteiger partial charge in [0.1, 0.15) is 0 Å². The van der Waals surface area contributed by atoms with Crippen LogP contribution in [0.5, 0.6) is 0 Å². The van der Waals surface area contributed by atoms with Crippen LogP contribution in [0.3, 0.4) is 0 Å². The molecule has 4 nitrogen and oxygen atoms in total. The third-order valence-corrected chi connectivity index (χ3v) is 3.42. The predicted octanol–water partition coefficient (Wildman–Crippen LogP) is 3.21. The summed E-state index contributed by atoms with van der Waals surface area (Å²) in [5.41, 5.74) is 0.223. The highest BCUT2D eigenvalue weighted by Gasteiger charge is 2.07. The van der Waals surface area contributed by atoms with Crippen LogP contribution in [-0.4, -0.2) is 29.4 Å².